The molecule has 0 aliphatic heterocycles. The van der Waals surface area contributed by atoms with Gasteiger partial charge >= 0.3 is 0 Å². The van der Waals surface area contributed by atoms with Gasteiger partial charge in [0.15, 0.2) is 11.5 Å². The van der Waals surface area contributed by atoms with Gasteiger partial charge in [-0.25, -0.2) is 0 Å². The summed E-state index contributed by atoms with van der Waals surface area (Å²) in [4.78, 5) is 0. The van der Waals surface area contributed by atoms with Crippen LogP contribution in [0, 0.1) is 12.7 Å². The third-order valence-corrected chi connectivity index (χ3v) is 1.20. The molecule has 0 unspecified atom stereocenters. The molecule has 0 aliphatic carbocycles. The molecular weight excluding hydrogens is 139 g/mol. The highest BCUT2D eigenvalue weighted by molar-refractivity contribution is 5.28. The van der Waals surface area contributed by atoms with Crippen molar-refractivity contribution in [1.82, 2.24) is 0 Å². The van der Waals surface area contributed by atoms with Crippen LogP contribution in [0.3, 0.4) is 0 Å². The summed E-state index contributed by atoms with van der Waals surface area (Å²) >= 11 is 0. The quantitative estimate of drug-likeness (QED) is 0.619. The molecule has 2 N–H and O–H groups in total. The van der Waals surface area contributed by atoms with Gasteiger partial charge in [-0.3, -0.25) is 0 Å². The van der Waals surface area contributed by atoms with Crippen LogP contribution < -0.4 is 0 Å². The highest BCUT2D eigenvalue weighted by atomic mass is 19.1. The van der Waals surface area contributed by atoms with Crippen molar-refractivity contribution in [3.05, 3.63) is 17.3 Å². The zero-order valence-corrected chi connectivity index (χ0v) is 5.39. The first-order valence-electron chi connectivity index (χ1n) is 2.74. The Balaban J connectivity index is 3.17. The Morgan fingerprint density at radius 3 is 2.40 bits per heavy atom. The molecule has 3 nitrogen and oxygen atoms in total. The predicted octanol–water partition coefficient (Wildman–Crippen LogP) is 0.925. The minimum Gasteiger partial charge on any atom is -0.502 e. The van der Waals surface area contributed by atoms with Gasteiger partial charge in [0, 0.05) is 0 Å². The zero-order valence-electron chi connectivity index (χ0n) is 5.39. The molecule has 0 saturated heterocycles. The van der Waals surface area contributed by atoms with Crippen LogP contribution in [0.5, 0.6) is 5.75 Å². The Bertz CT molecular complexity index is 241. The molecule has 0 radical (unpaired) electrons. The Labute approximate surface area is 56.7 Å². The topological polar surface area (TPSA) is 53.6 Å². The Hall–Kier alpha value is -1.03. The van der Waals surface area contributed by atoms with Crippen molar-refractivity contribution < 1.29 is 19.0 Å². The summed E-state index contributed by atoms with van der Waals surface area (Å²) in [6.07, 6.45) is 0. The van der Waals surface area contributed by atoms with E-state index < -0.39 is 18.2 Å². The van der Waals surface area contributed by atoms with Crippen molar-refractivity contribution in [1.29, 1.82) is 0 Å². The summed E-state index contributed by atoms with van der Waals surface area (Å²) in [6.45, 7) is 0.880. The average Bonchev–Trinajstić information content (AvgIpc) is 2.17. The van der Waals surface area contributed by atoms with Crippen LogP contribution >= 0.6 is 0 Å². The summed E-state index contributed by atoms with van der Waals surface area (Å²) < 4.78 is 17.1. The highest BCUT2D eigenvalue weighted by Crippen LogP contribution is 2.26. The molecule has 1 aromatic heterocycles. The Morgan fingerprint density at radius 1 is 1.60 bits per heavy atom. The maximum Gasteiger partial charge on any atom is 0.206 e. The number of aliphatic hydroxyl groups is 1. The second kappa shape index (κ2) is 2.30. The van der Waals surface area contributed by atoms with Crippen LogP contribution in [0.4, 0.5) is 4.39 Å². The minimum atomic E-state index is -0.802. The lowest BCUT2D eigenvalue weighted by molar-refractivity contribution is 0.237. The molecule has 0 spiro atoms. The molecule has 1 heterocycles. The molecule has 0 bridgehead atoms. The average molecular weight is 146 g/mol. The Kier molecular flexibility index (Phi) is 1.63. The van der Waals surface area contributed by atoms with Crippen molar-refractivity contribution in [2.75, 3.05) is 0 Å². The Morgan fingerprint density at radius 2 is 2.20 bits per heavy atom. The van der Waals surface area contributed by atoms with Gasteiger partial charge in [-0.05, 0) is 6.92 Å². The van der Waals surface area contributed by atoms with Gasteiger partial charge in [-0.1, -0.05) is 0 Å². The highest BCUT2D eigenvalue weighted by Gasteiger charge is 2.15. The number of rotatable bonds is 1. The molecule has 0 saturated carbocycles. The SMILES string of the molecule is Cc1oc(CO)c(O)c1F. The summed E-state index contributed by atoms with van der Waals surface area (Å²) in [6, 6.07) is 0. The van der Waals surface area contributed by atoms with E-state index in [2.05, 4.69) is 4.42 Å². The molecule has 0 aliphatic rings. The van der Waals surface area contributed by atoms with E-state index in [4.69, 9.17) is 10.2 Å². The predicted molar refractivity (Wildman–Crippen MR) is 31.0 cm³/mol. The van der Waals surface area contributed by atoms with E-state index in [-0.39, 0.29) is 11.5 Å². The van der Waals surface area contributed by atoms with Gasteiger partial charge in [-0.15, -0.1) is 0 Å². The van der Waals surface area contributed by atoms with Gasteiger partial charge < -0.3 is 14.6 Å². The number of halogens is 1. The van der Waals surface area contributed by atoms with E-state index >= 15 is 0 Å². The van der Waals surface area contributed by atoms with Crippen LogP contribution in [0.1, 0.15) is 11.5 Å². The van der Waals surface area contributed by atoms with Crippen LogP contribution in [-0.4, -0.2) is 10.2 Å². The summed E-state index contributed by atoms with van der Waals surface area (Å²) in [5, 5.41) is 17.2. The smallest absolute Gasteiger partial charge is 0.206 e. The molecule has 0 amide bonds. The number of aliphatic hydroxyl groups excluding tert-OH is 1. The normalized spacial score (nSPS) is 10.3. The molecule has 4 heteroatoms. The lowest BCUT2D eigenvalue weighted by Gasteiger charge is -1.86. The van der Waals surface area contributed by atoms with E-state index in [1.807, 2.05) is 0 Å². The molecule has 56 valence electrons. The van der Waals surface area contributed by atoms with E-state index in [0.29, 0.717) is 0 Å². The monoisotopic (exact) mass is 146 g/mol. The first-order chi connectivity index (χ1) is 4.66. The first-order valence-corrected chi connectivity index (χ1v) is 2.74. The summed E-state index contributed by atoms with van der Waals surface area (Å²) in [5.74, 6) is -1.54. The molecule has 0 atom stereocenters. The lowest BCUT2D eigenvalue weighted by atomic mass is 10.4. The van der Waals surface area contributed by atoms with Crippen molar-refractivity contribution in [2.24, 2.45) is 0 Å². The molecule has 0 fully saturated rings. The summed E-state index contributed by atoms with van der Waals surface area (Å²) in [7, 11) is 0. The van der Waals surface area contributed by atoms with Gasteiger partial charge in [0.05, 0.1) is 0 Å². The molecule has 1 rings (SSSR count). The van der Waals surface area contributed by atoms with Gasteiger partial charge in [0.2, 0.25) is 5.82 Å². The third kappa shape index (κ3) is 0.863. The fourth-order valence-electron chi connectivity index (χ4n) is 0.674. The number of aromatic hydroxyl groups is 1. The van der Waals surface area contributed by atoms with Crippen molar-refractivity contribution >= 4 is 0 Å². The van der Waals surface area contributed by atoms with Gasteiger partial charge in [0.1, 0.15) is 12.4 Å². The largest absolute Gasteiger partial charge is 0.502 e. The number of hydrogen-bond acceptors (Lipinski definition) is 3. The van der Waals surface area contributed by atoms with Crippen LogP contribution in [0.2, 0.25) is 0 Å². The second-order valence-corrected chi connectivity index (χ2v) is 1.90. The van der Waals surface area contributed by atoms with Crippen molar-refractivity contribution in [3.63, 3.8) is 0 Å². The van der Waals surface area contributed by atoms with Crippen molar-refractivity contribution in [2.45, 2.75) is 13.5 Å². The van der Waals surface area contributed by atoms with Crippen LogP contribution in [-0.2, 0) is 6.61 Å². The lowest BCUT2D eigenvalue weighted by Crippen LogP contribution is -1.77. The maximum atomic E-state index is 12.5. The fourth-order valence-corrected chi connectivity index (χ4v) is 0.674. The summed E-state index contributed by atoms with van der Waals surface area (Å²) in [5.41, 5.74) is 0. The molecule has 0 aromatic carbocycles. The molecule has 1 aromatic rings. The number of furan rings is 1. The molecule has 10 heavy (non-hydrogen) atoms. The van der Waals surface area contributed by atoms with E-state index in [1.165, 1.54) is 6.92 Å². The van der Waals surface area contributed by atoms with Crippen LogP contribution in [0.25, 0.3) is 0 Å². The van der Waals surface area contributed by atoms with Crippen LogP contribution in [0.15, 0.2) is 4.42 Å². The molecular formula is C6H7FO3. The van der Waals surface area contributed by atoms with E-state index in [0.717, 1.165) is 0 Å². The zero-order chi connectivity index (χ0) is 7.72. The van der Waals surface area contributed by atoms with E-state index in [1.54, 1.807) is 0 Å². The second-order valence-electron chi connectivity index (χ2n) is 1.90. The third-order valence-electron chi connectivity index (χ3n) is 1.20. The number of hydrogen-bond donors (Lipinski definition) is 2. The van der Waals surface area contributed by atoms with Gasteiger partial charge in [0.25, 0.3) is 0 Å². The maximum absolute atomic E-state index is 12.5. The van der Waals surface area contributed by atoms with Crippen molar-refractivity contribution in [3.8, 4) is 5.75 Å². The standard InChI is InChI=1S/C6H7FO3/c1-3-5(7)6(9)4(2-8)10-3/h8-9H,2H2,1H3. The minimum absolute atomic E-state index is 0.0125. The van der Waals surface area contributed by atoms with E-state index in [9.17, 15) is 4.39 Å². The number of aryl methyl sites for hydroxylation is 1. The fraction of sp³-hybridized carbons (Fsp3) is 0.333. The van der Waals surface area contributed by atoms with Gasteiger partial charge in [-0.2, -0.15) is 4.39 Å². The first kappa shape index (κ1) is 7.08.